The van der Waals surface area contributed by atoms with Gasteiger partial charge in [-0.15, -0.1) is 0 Å². The van der Waals surface area contributed by atoms with Gasteiger partial charge in [0, 0.05) is 0 Å². The van der Waals surface area contributed by atoms with Gasteiger partial charge in [0.25, 0.3) is 0 Å². The molecule has 0 bridgehead atoms. The van der Waals surface area contributed by atoms with Crippen molar-refractivity contribution in [2.75, 3.05) is 13.2 Å². The van der Waals surface area contributed by atoms with Crippen molar-refractivity contribution < 1.29 is 18.9 Å². The minimum absolute atomic E-state index is 0.130. The fourth-order valence-electron chi connectivity index (χ4n) is 2.93. The highest BCUT2D eigenvalue weighted by Crippen LogP contribution is 2.29. The normalized spacial score (nSPS) is 22.2. The molecule has 0 spiro atoms. The van der Waals surface area contributed by atoms with Gasteiger partial charge in [-0.05, 0) is 25.0 Å². The van der Waals surface area contributed by atoms with Crippen LogP contribution in [0.3, 0.4) is 0 Å². The van der Waals surface area contributed by atoms with Crippen molar-refractivity contribution in [3.05, 3.63) is 71.8 Å². The molecule has 0 aromatic heterocycles. The Kier molecular flexibility index (Phi) is 6.21. The molecule has 0 N–H and O–H groups in total. The second kappa shape index (κ2) is 8.59. The fourth-order valence-corrected chi connectivity index (χ4v) is 2.93. The Labute approximate surface area is 149 Å². The minimum atomic E-state index is -0.610. The molecule has 134 valence electrons. The molecule has 25 heavy (non-hydrogen) atoms. The second-order valence-corrected chi connectivity index (χ2v) is 6.71. The van der Waals surface area contributed by atoms with E-state index >= 15 is 0 Å². The first-order valence-electron chi connectivity index (χ1n) is 8.71. The minimum Gasteiger partial charge on any atom is -0.374 e. The van der Waals surface area contributed by atoms with Crippen LogP contribution in [-0.4, -0.2) is 31.2 Å². The molecule has 1 aliphatic heterocycles. The van der Waals surface area contributed by atoms with Crippen LogP contribution in [0.15, 0.2) is 60.7 Å². The van der Waals surface area contributed by atoms with Gasteiger partial charge in [-0.2, -0.15) is 0 Å². The predicted octanol–water partition coefficient (Wildman–Crippen LogP) is 3.94. The van der Waals surface area contributed by atoms with E-state index in [2.05, 4.69) is 24.3 Å². The summed E-state index contributed by atoms with van der Waals surface area (Å²) in [6.45, 7) is 5.95. The van der Waals surface area contributed by atoms with Gasteiger partial charge in [0.2, 0.25) is 0 Å². The van der Waals surface area contributed by atoms with Gasteiger partial charge in [-0.25, -0.2) is 0 Å². The zero-order valence-corrected chi connectivity index (χ0v) is 14.9. The van der Waals surface area contributed by atoms with Crippen LogP contribution in [0.5, 0.6) is 0 Å². The van der Waals surface area contributed by atoms with Gasteiger partial charge in [-0.3, -0.25) is 0 Å². The van der Waals surface area contributed by atoms with Crippen LogP contribution in [0.2, 0.25) is 0 Å². The highest BCUT2D eigenvalue weighted by atomic mass is 16.8. The summed E-state index contributed by atoms with van der Waals surface area (Å²) < 4.78 is 23.6. The molecule has 0 saturated carbocycles. The van der Waals surface area contributed by atoms with E-state index in [0.717, 1.165) is 11.1 Å². The van der Waals surface area contributed by atoms with Gasteiger partial charge in [0.15, 0.2) is 5.79 Å². The quantitative estimate of drug-likeness (QED) is 0.728. The molecular formula is C21H26O4. The Hall–Kier alpha value is -1.72. The monoisotopic (exact) mass is 342 g/mol. The van der Waals surface area contributed by atoms with Crippen molar-refractivity contribution in [2.24, 2.45) is 0 Å². The molecule has 2 aromatic rings. The molecule has 2 atom stereocenters. The van der Waals surface area contributed by atoms with Gasteiger partial charge in [0.1, 0.15) is 12.2 Å². The first-order valence-corrected chi connectivity index (χ1v) is 8.71. The highest BCUT2D eigenvalue weighted by Gasteiger charge is 2.41. The Bertz CT molecular complexity index is 571. The maximum Gasteiger partial charge on any atom is 0.163 e. The molecule has 0 radical (unpaired) electrons. The Balaban J connectivity index is 1.46. The Morgan fingerprint density at radius 2 is 1.12 bits per heavy atom. The number of ether oxygens (including phenoxy) is 4. The summed E-state index contributed by atoms with van der Waals surface area (Å²) in [4.78, 5) is 0. The van der Waals surface area contributed by atoms with Crippen molar-refractivity contribution >= 4 is 0 Å². The van der Waals surface area contributed by atoms with Crippen molar-refractivity contribution in [3.8, 4) is 0 Å². The maximum absolute atomic E-state index is 5.97. The van der Waals surface area contributed by atoms with E-state index in [1.807, 2.05) is 50.2 Å². The lowest BCUT2D eigenvalue weighted by Gasteiger charge is -2.17. The van der Waals surface area contributed by atoms with E-state index < -0.39 is 5.79 Å². The van der Waals surface area contributed by atoms with Crippen LogP contribution in [-0.2, 0) is 32.2 Å². The molecule has 4 nitrogen and oxygen atoms in total. The number of rotatable bonds is 8. The van der Waals surface area contributed by atoms with Crippen LogP contribution < -0.4 is 0 Å². The van der Waals surface area contributed by atoms with E-state index in [0.29, 0.717) is 26.4 Å². The van der Waals surface area contributed by atoms with Crippen molar-refractivity contribution in [3.63, 3.8) is 0 Å². The molecule has 3 rings (SSSR count). The Morgan fingerprint density at radius 1 is 0.720 bits per heavy atom. The van der Waals surface area contributed by atoms with E-state index in [4.69, 9.17) is 18.9 Å². The number of hydrogen-bond acceptors (Lipinski definition) is 4. The average Bonchev–Trinajstić information content (AvgIpc) is 2.91. The molecule has 1 fully saturated rings. The van der Waals surface area contributed by atoms with Gasteiger partial charge < -0.3 is 18.9 Å². The SMILES string of the molecule is CC1(C)O[C@H](COCc2ccccc2)[C@@H](COCc2ccccc2)O1. The number of hydrogen-bond donors (Lipinski definition) is 0. The van der Waals surface area contributed by atoms with E-state index in [9.17, 15) is 0 Å². The standard InChI is InChI=1S/C21H26O4/c1-21(2)24-19(15-22-13-17-9-5-3-6-10-17)20(25-21)16-23-14-18-11-7-4-8-12-18/h3-12,19-20H,13-16H2,1-2H3/t19-,20-/m1/s1. The van der Waals surface area contributed by atoms with Crippen molar-refractivity contribution in [1.29, 1.82) is 0 Å². The smallest absolute Gasteiger partial charge is 0.163 e. The summed E-state index contributed by atoms with van der Waals surface area (Å²) in [5.74, 6) is -0.610. The summed E-state index contributed by atoms with van der Waals surface area (Å²) in [6, 6.07) is 20.3. The zero-order valence-electron chi connectivity index (χ0n) is 14.9. The average molecular weight is 342 g/mol. The largest absolute Gasteiger partial charge is 0.374 e. The molecule has 1 saturated heterocycles. The van der Waals surface area contributed by atoms with E-state index in [-0.39, 0.29) is 12.2 Å². The summed E-state index contributed by atoms with van der Waals surface area (Å²) in [5, 5.41) is 0. The van der Waals surface area contributed by atoms with Crippen LogP contribution in [0.25, 0.3) is 0 Å². The molecule has 0 unspecified atom stereocenters. The maximum atomic E-state index is 5.97. The molecule has 0 amide bonds. The molecule has 1 heterocycles. The Morgan fingerprint density at radius 3 is 1.52 bits per heavy atom. The summed E-state index contributed by atoms with van der Waals surface area (Å²) in [6.07, 6.45) is -0.260. The lowest BCUT2D eigenvalue weighted by Crippen LogP contribution is -2.31. The molecule has 4 heteroatoms. The highest BCUT2D eigenvalue weighted by molar-refractivity contribution is 5.14. The summed E-state index contributed by atoms with van der Waals surface area (Å²) in [7, 11) is 0. The van der Waals surface area contributed by atoms with Crippen LogP contribution in [0.4, 0.5) is 0 Å². The summed E-state index contributed by atoms with van der Waals surface area (Å²) in [5.41, 5.74) is 2.30. The first-order chi connectivity index (χ1) is 12.1. The van der Waals surface area contributed by atoms with Crippen molar-refractivity contribution in [1.82, 2.24) is 0 Å². The third kappa shape index (κ3) is 5.65. The van der Waals surface area contributed by atoms with Crippen LogP contribution in [0.1, 0.15) is 25.0 Å². The predicted molar refractivity (Wildman–Crippen MR) is 96.0 cm³/mol. The van der Waals surface area contributed by atoms with Gasteiger partial charge in [-0.1, -0.05) is 60.7 Å². The van der Waals surface area contributed by atoms with Crippen LogP contribution >= 0.6 is 0 Å². The first kappa shape index (κ1) is 18.1. The van der Waals surface area contributed by atoms with Crippen LogP contribution in [0, 0.1) is 0 Å². The molecular weight excluding hydrogens is 316 g/mol. The third-order valence-corrected chi connectivity index (χ3v) is 4.07. The molecule has 2 aromatic carbocycles. The van der Waals surface area contributed by atoms with Crippen molar-refractivity contribution in [2.45, 2.75) is 45.1 Å². The fraction of sp³-hybridized carbons (Fsp3) is 0.429. The third-order valence-electron chi connectivity index (χ3n) is 4.07. The van der Waals surface area contributed by atoms with E-state index in [1.165, 1.54) is 0 Å². The zero-order chi connectivity index (χ0) is 17.5. The van der Waals surface area contributed by atoms with Gasteiger partial charge in [0.05, 0.1) is 26.4 Å². The molecule has 1 aliphatic rings. The summed E-state index contributed by atoms with van der Waals surface area (Å²) >= 11 is 0. The second-order valence-electron chi connectivity index (χ2n) is 6.71. The number of benzene rings is 2. The van der Waals surface area contributed by atoms with E-state index in [1.54, 1.807) is 0 Å². The lowest BCUT2D eigenvalue weighted by atomic mass is 10.2. The lowest BCUT2D eigenvalue weighted by molar-refractivity contribution is -0.154. The topological polar surface area (TPSA) is 36.9 Å². The van der Waals surface area contributed by atoms with Gasteiger partial charge >= 0.3 is 0 Å². The molecule has 0 aliphatic carbocycles.